The van der Waals surface area contributed by atoms with E-state index in [0.29, 0.717) is 6.42 Å². The molecule has 1 amide bonds. The normalized spacial score (nSPS) is 48.4. The third-order valence-corrected chi connectivity index (χ3v) is 12.8. The van der Waals surface area contributed by atoms with Crippen LogP contribution in [-0.2, 0) is 19.2 Å². The summed E-state index contributed by atoms with van der Waals surface area (Å²) in [5, 5.41) is 9.78. The number of carbonyl (C=O) groups excluding carboxylic acids is 3. The van der Waals surface area contributed by atoms with Gasteiger partial charge in [-0.3, -0.25) is 19.2 Å². The molecule has 0 radical (unpaired) electrons. The van der Waals surface area contributed by atoms with Crippen molar-refractivity contribution in [1.82, 2.24) is 5.48 Å². The molecular formula is C31H44N2O4. The number of nitrogens with one attached hydrogen (secondary N) is 1. The Morgan fingerprint density at radius 2 is 1.70 bits per heavy atom. The molecule has 9 atom stereocenters. The van der Waals surface area contributed by atoms with E-state index in [1.54, 1.807) is 0 Å². The summed E-state index contributed by atoms with van der Waals surface area (Å²) >= 11 is 0. The van der Waals surface area contributed by atoms with Crippen LogP contribution < -0.4 is 5.48 Å². The van der Waals surface area contributed by atoms with Crippen molar-refractivity contribution >= 4 is 17.5 Å². The number of Topliss-reactive ketones (excluding diaryl/α,β-unsaturated/α-hetero) is 2. The molecule has 0 aromatic carbocycles. The fourth-order valence-electron chi connectivity index (χ4n) is 10.5. The first-order chi connectivity index (χ1) is 17.2. The molecule has 5 rings (SSSR count). The molecule has 0 saturated heterocycles. The van der Waals surface area contributed by atoms with Gasteiger partial charge in [0.2, 0.25) is 5.91 Å². The average molecular weight is 509 g/mol. The molecule has 5 aliphatic carbocycles. The van der Waals surface area contributed by atoms with Gasteiger partial charge in [-0.2, -0.15) is 5.26 Å². The molecule has 4 saturated carbocycles. The summed E-state index contributed by atoms with van der Waals surface area (Å²) in [6.07, 6.45) is 8.50. The summed E-state index contributed by atoms with van der Waals surface area (Å²) in [7, 11) is 1.48. The van der Waals surface area contributed by atoms with E-state index < -0.39 is 5.41 Å². The van der Waals surface area contributed by atoms with Crippen molar-refractivity contribution in [3.8, 4) is 6.07 Å². The van der Waals surface area contributed by atoms with Crippen LogP contribution in [0.5, 0.6) is 0 Å². The number of hydrogen-bond acceptors (Lipinski definition) is 5. The van der Waals surface area contributed by atoms with Crippen LogP contribution in [0.25, 0.3) is 0 Å². The lowest BCUT2D eigenvalue weighted by Crippen LogP contribution is -2.69. The maximum absolute atomic E-state index is 14.4. The van der Waals surface area contributed by atoms with Gasteiger partial charge in [-0.15, -0.1) is 0 Å². The first-order valence-electron chi connectivity index (χ1n) is 14.2. The Bertz CT molecular complexity index is 1120. The molecule has 0 heterocycles. The second-order valence-corrected chi connectivity index (χ2v) is 14.6. The molecule has 0 aromatic heterocycles. The zero-order valence-electron chi connectivity index (χ0n) is 23.7. The molecule has 6 heteroatoms. The lowest BCUT2D eigenvalue weighted by molar-refractivity contribution is -0.220. The molecule has 1 N–H and O–H groups in total. The highest BCUT2D eigenvalue weighted by molar-refractivity contribution is 6.02. The van der Waals surface area contributed by atoms with E-state index in [-0.39, 0.29) is 74.3 Å². The summed E-state index contributed by atoms with van der Waals surface area (Å²) in [4.78, 5) is 46.0. The van der Waals surface area contributed by atoms with Crippen LogP contribution in [0.1, 0.15) is 92.9 Å². The largest absolute Gasteiger partial charge is 0.299 e. The van der Waals surface area contributed by atoms with Crippen LogP contribution in [0.2, 0.25) is 0 Å². The Hall–Kier alpha value is -2.00. The Morgan fingerprint density at radius 3 is 2.35 bits per heavy atom. The van der Waals surface area contributed by atoms with Gasteiger partial charge in [-0.25, -0.2) is 5.48 Å². The summed E-state index contributed by atoms with van der Waals surface area (Å²) in [5.74, 6) is -0.00324. The average Bonchev–Trinajstić information content (AvgIpc) is 2.82. The maximum Gasteiger partial charge on any atom is 0.250 e. The Morgan fingerprint density at radius 1 is 1.03 bits per heavy atom. The topological polar surface area (TPSA) is 96.3 Å². The van der Waals surface area contributed by atoms with Gasteiger partial charge in [0.05, 0.1) is 18.1 Å². The Labute approximate surface area is 221 Å². The zero-order valence-corrected chi connectivity index (χ0v) is 23.7. The van der Waals surface area contributed by atoms with E-state index in [9.17, 15) is 19.6 Å². The summed E-state index contributed by atoms with van der Waals surface area (Å²) < 4.78 is 0. The molecule has 4 fully saturated rings. The molecule has 0 aromatic rings. The Kier molecular flexibility index (Phi) is 5.93. The summed E-state index contributed by atoms with van der Waals surface area (Å²) in [6, 6.07) is 2.17. The van der Waals surface area contributed by atoms with Crippen LogP contribution in [0.4, 0.5) is 0 Å². The number of hydrogen-bond donors (Lipinski definition) is 1. The van der Waals surface area contributed by atoms with Crippen molar-refractivity contribution in [2.45, 2.75) is 92.9 Å². The van der Waals surface area contributed by atoms with Gasteiger partial charge in [-0.05, 0) is 84.4 Å². The van der Waals surface area contributed by atoms with E-state index in [2.05, 4.69) is 46.2 Å². The summed E-state index contributed by atoms with van der Waals surface area (Å²) in [5.41, 5.74) is 1.68. The summed E-state index contributed by atoms with van der Waals surface area (Å²) in [6.45, 7) is 13.4. The second kappa shape index (κ2) is 8.25. The van der Waals surface area contributed by atoms with Gasteiger partial charge in [0.25, 0.3) is 0 Å². The number of fused-ring (bicyclic) bond motifs is 7. The minimum Gasteiger partial charge on any atom is -0.299 e. The van der Waals surface area contributed by atoms with Crippen molar-refractivity contribution in [2.75, 3.05) is 7.11 Å². The lowest BCUT2D eigenvalue weighted by atomic mass is 9.32. The van der Waals surface area contributed by atoms with E-state index in [1.807, 2.05) is 13.0 Å². The molecule has 0 bridgehead atoms. The fraction of sp³-hybridized carbons (Fsp3) is 0.806. The fourth-order valence-corrected chi connectivity index (χ4v) is 10.5. The van der Waals surface area contributed by atoms with E-state index in [0.717, 1.165) is 44.9 Å². The first-order valence-corrected chi connectivity index (χ1v) is 14.2. The predicted octanol–water partition coefficient (Wildman–Crippen LogP) is 5.57. The number of hydroxylamine groups is 1. The number of ketones is 2. The van der Waals surface area contributed by atoms with Gasteiger partial charge >= 0.3 is 0 Å². The van der Waals surface area contributed by atoms with Gasteiger partial charge < -0.3 is 0 Å². The smallest absolute Gasteiger partial charge is 0.250 e. The van der Waals surface area contributed by atoms with Gasteiger partial charge in [0.15, 0.2) is 5.78 Å². The van der Waals surface area contributed by atoms with Crippen LogP contribution in [-0.4, -0.2) is 24.6 Å². The molecule has 202 valence electrons. The van der Waals surface area contributed by atoms with Gasteiger partial charge in [-0.1, -0.05) is 47.6 Å². The predicted molar refractivity (Wildman–Crippen MR) is 139 cm³/mol. The van der Waals surface area contributed by atoms with Gasteiger partial charge in [0.1, 0.15) is 11.9 Å². The van der Waals surface area contributed by atoms with Crippen LogP contribution in [0.3, 0.4) is 0 Å². The molecule has 0 aliphatic heterocycles. The maximum atomic E-state index is 14.4. The van der Waals surface area contributed by atoms with Crippen LogP contribution in [0.15, 0.2) is 11.6 Å². The minimum absolute atomic E-state index is 0.0157. The monoisotopic (exact) mass is 508 g/mol. The zero-order chi connectivity index (χ0) is 27.2. The molecule has 9 unspecified atom stereocenters. The number of nitriles is 1. The minimum atomic E-state index is -0.574. The van der Waals surface area contributed by atoms with Crippen molar-refractivity contribution < 1.29 is 19.2 Å². The molecular weight excluding hydrogens is 464 g/mol. The van der Waals surface area contributed by atoms with Crippen molar-refractivity contribution in [1.29, 1.82) is 5.26 Å². The highest BCUT2D eigenvalue weighted by Crippen LogP contribution is 2.75. The number of amides is 1. The van der Waals surface area contributed by atoms with Crippen molar-refractivity contribution in [3.63, 3.8) is 0 Å². The first kappa shape index (κ1) is 26.6. The van der Waals surface area contributed by atoms with Crippen LogP contribution >= 0.6 is 0 Å². The number of carbonyl (C=O) groups is 3. The third-order valence-electron chi connectivity index (χ3n) is 12.8. The highest BCUT2D eigenvalue weighted by atomic mass is 16.6. The van der Waals surface area contributed by atoms with E-state index in [1.165, 1.54) is 7.11 Å². The van der Waals surface area contributed by atoms with Crippen LogP contribution in [0, 0.1) is 68.0 Å². The number of allylic oxidation sites excluding steroid dienone is 2. The SMILES string of the molecule is CONC(=O)C12CCC(C)(C)CC1C1C(=O)CC3C4(C)C=C(C#N)C(=O)C(C)C4CCC3(C)C1(C)CC2. The lowest BCUT2D eigenvalue weighted by Gasteiger charge is -2.71. The van der Waals surface area contributed by atoms with Gasteiger partial charge in [0, 0.05) is 18.3 Å². The number of rotatable bonds is 2. The highest BCUT2D eigenvalue weighted by Gasteiger charge is 2.72. The second-order valence-electron chi connectivity index (χ2n) is 14.6. The third kappa shape index (κ3) is 3.35. The molecule has 5 aliphatic rings. The molecule has 6 nitrogen and oxygen atoms in total. The number of nitrogens with zero attached hydrogens (tertiary/aromatic N) is 1. The molecule has 37 heavy (non-hydrogen) atoms. The van der Waals surface area contributed by atoms with Crippen molar-refractivity contribution in [2.24, 2.45) is 56.7 Å². The van der Waals surface area contributed by atoms with E-state index in [4.69, 9.17) is 4.84 Å². The molecule has 0 spiro atoms. The quantitative estimate of drug-likeness (QED) is 0.492. The van der Waals surface area contributed by atoms with Crippen molar-refractivity contribution in [3.05, 3.63) is 11.6 Å². The Balaban J connectivity index is 1.62. The standard InChI is InChI=1S/C31H44N2O4/c1-18-20-8-9-29(5)23(28(20,4)15-19(17-32)25(18)35)14-22(34)24-21-16-27(2,3)10-12-31(21,26(36)33-37-7)13-11-30(24,29)6/h15,18,20-21,23-24H,8-14,16H2,1-7H3,(H,33,36). The van der Waals surface area contributed by atoms with E-state index >= 15 is 0 Å².